The summed E-state index contributed by atoms with van der Waals surface area (Å²) in [6.45, 7) is 0. The Morgan fingerprint density at radius 1 is 1.00 bits per heavy atom. The summed E-state index contributed by atoms with van der Waals surface area (Å²) < 4.78 is 0. The third kappa shape index (κ3) is 1.69. The minimum atomic E-state index is -1.56. The predicted molar refractivity (Wildman–Crippen MR) is 43.0 cm³/mol. The third-order valence-corrected chi connectivity index (χ3v) is 2.24. The lowest BCUT2D eigenvalue weighted by molar-refractivity contribution is 0.0650. The van der Waals surface area contributed by atoms with E-state index in [1.165, 1.54) is 0 Å². The molecule has 1 aromatic heterocycles. The molecule has 0 radical (unpaired) electrons. The van der Waals surface area contributed by atoms with Crippen molar-refractivity contribution < 1.29 is 29.7 Å². The number of hydrogen-bond donors (Lipinski definition) is 3. The topological polar surface area (TPSA) is 125 Å². The van der Waals surface area contributed by atoms with Gasteiger partial charge < -0.3 is 15.3 Å². The number of carbonyl (C=O) groups is 3. The number of aromatic nitrogens is 1. The first-order valence-electron chi connectivity index (χ1n) is 3.14. The van der Waals surface area contributed by atoms with E-state index in [2.05, 4.69) is 4.98 Å². The monoisotopic (exact) mass is 217 g/mol. The normalized spacial score (nSPS) is 9.71. The molecule has 1 rings (SSSR count). The van der Waals surface area contributed by atoms with E-state index in [0.29, 0.717) is 11.3 Å². The lowest BCUT2D eigenvalue weighted by Gasteiger charge is -1.87. The van der Waals surface area contributed by atoms with Crippen LogP contribution < -0.4 is 0 Å². The number of carboxylic acid groups (broad SMARTS) is 3. The highest BCUT2D eigenvalue weighted by atomic mass is 32.1. The van der Waals surface area contributed by atoms with Crippen LogP contribution in [0.1, 0.15) is 30.0 Å². The molecule has 0 saturated carbocycles. The minimum absolute atomic E-state index is 0.313. The van der Waals surface area contributed by atoms with Crippen LogP contribution in [0.5, 0.6) is 0 Å². The number of carboxylic acids is 3. The first-order valence-corrected chi connectivity index (χ1v) is 3.96. The van der Waals surface area contributed by atoms with Crippen molar-refractivity contribution in [2.45, 2.75) is 0 Å². The van der Waals surface area contributed by atoms with Crippen LogP contribution in [0.25, 0.3) is 0 Å². The largest absolute Gasteiger partial charge is 0.477 e. The fraction of sp³-hybridized carbons (Fsp3) is 0. The van der Waals surface area contributed by atoms with Crippen molar-refractivity contribution >= 4 is 29.2 Å². The maximum Gasteiger partial charge on any atom is 0.365 e. The Balaban J connectivity index is 3.33. The van der Waals surface area contributed by atoms with E-state index in [9.17, 15) is 14.4 Å². The van der Waals surface area contributed by atoms with Gasteiger partial charge in [0.1, 0.15) is 4.88 Å². The van der Waals surface area contributed by atoms with E-state index in [1.54, 1.807) is 0 Å². The Labute approximate surface area is 80.3 Å². The van der Waals surface area contributed by atoms with Gasteiger partial charge >= 0.3 is 17.9 Å². The van der Waals surface area contributed by atoms with Crippen molar-refractivity contribution in [3.05, 3.63) is 15.6 Å². The molecule has 7 nitrogen and oxygen atoms in total. The zero-order valence-corrected chi connectivity index (χ0v) is 7.24. The highest BCUT2D eigenvalue weighted by Crippen LogP contribution is 2.18. The van der Waals surface area contributed by atoms with Crippen LogP contribution in [0.3, 0.4) is 0 Å². The second kappa shape index (κ2) is 3.42. The molecular weight excluding hydrogens is 214 g/mol. The summed E-state index contributed by atoms with van der Waals surface area (Å²) in [5.74, 6) is -4.52. The Morgan fingerprint density at radius 3 is 1.86 bits per heavy atom. The van der Waals surface area contributed by atoms with Gasteiger partial charge in [0.2, 0.25) is 5.01 Å². The first-order chi connectivity index (χ1) is 6.43. The molecule has 0 spiro atoms. The van der Waals surface area contributed by atoms with Gasteiger partial charge in [-0.3, -0.25) is 0 Å². The van der Waals surface area contributed by atoms with Gasteiger partial charge in [-0.15, -0.1) is 0 Å². The van der Waals surface area contributed by atoms with E-state index in [1.807, 2.05) is 0 Å². The van der Waals surface area contributed by atoms with Gasteiger partial charge in [-0.25, -0.2) is 19.4 Å². The van der Waals surface area contributed by atoms with Crippen LogP contribution in [-0.4, -0.2) is 38.2 Å². The van der Waals surface area contributed by atoms with Crippen LogP contribution in [0.4, 0.5) is 0 Å². The van der Waals surface area contributed by atoms with Crippen molar-refractivity contribution in [1.82, 2.24) is 4.98 Å². The molecular formula is C6H3NO6S. The van der Waals surface area contributed by atoms with E-state index in [-0.39, 0.29) is 0 Å². The zero-order valence-electron chi connectivity index (χ0n) is 6.42. The summed E-state index contributed by atoms with van der Waals surface area (Å²) in [5.41, 5.74) is -0.750. The molecule has 1 aromatic rings. The maximum atomic E-state index is 10.5. The molecule has 74 valence electrons. The summed E-state index contributed by atoms with van der Waals surface area (Å²) in [4.78, 5) is 33.9. The Morgan fingerprint density at radius 2 is 1.57 bits per heavy atom. The van der Waals surface area contributed by atoms with E-state index < -0.39 is 33.5 Å². The van der Waals surface area contributed by atoms with Crippen LogP contribution in [-0.2, 0) is 0 Å². The summed E-state index contributed by atoms with van der Waals surface area (Å²) >= 11 is 0.313. The molecule has 0 aliphatic heterocycles. The molecule has 0 atom stereocenters. The molecule has 1 heterocycles. The average molecular weight is 217 g/mol. The fourth-order valence-corrected chi connectivity index (χ4v) is 1.44. The fourth-order valence-electron chi connectivity index (χ4n) is 0.702. The Kier molecular flexibility index (Phi) is 2.47. The van der Waals surface area contributed by atoms with Gasteiger partial charge in [0, 0.05) is 0 Å². The second-order valence-electron chi connectivity index (χ2n) is 2.11. The van der Waals surface area contributed by atoms with Gasteiger partial charge in [-0.1, -0.05) is 11.3 Å². The van der Waals surface area contributed by atoms with Crippen molar-refractivity contribution in [3.63, 3.8) is 0 Å². The van der Waals surface area contributed by atoms with Gasteiger partial charge in [0.05, 0.1) is 0 Å². The molecule has 0 aliphatic carbocycles. The van der Waals surface area contributed by atoms with Crippen molar-refractivity contribution in [1.29, 1.82) is 0 Å². The molecule has 0 aliphatic rings. The molecule has 8 heteroatoms. The number of thiazole rings is 1. The summed E-state index contributed by atoms with van der Waals surface area (Å²) in [6, 6.07) is 0. The van der Waals surface area contributed by atoms with Gasteiger partial charge in [-0.05, 0) is 0 Å². The van der Waals surface area contributed by atoms with Crippen molar-refractivity contribution in [2.75, 3.05) is 0 Å². The van der Waals surface area contributed by atoms with Crippen molar-refractivity contribution in [2.24, 2.45) is 0 Å². The summed E-state index contributed by atoms with van der Waals surface area (Å²) in [6.07, 6.45) is 0. The molecule has 0 unspecified atom stereocenters. The highest BCUT2D eigenvalue weighted by molar-refractivity contribution is 7.15. The maximum absolute atomic E-state index is 10.5. The van der Waals surface area contributed by atoms with E-state index in [0.717, 1.165) is 0 Å². The molecule has 0 amide bonds. The predicted octanol–water partition coefficient (Wildman–Crippen LogP) is 0.238. The lowest BCUT2D eigenvalue weighted by Crippen LogP contribution is -2.05. The molecule has 0 aromatic carbocycles. The SMILES string of the molecule is O=C(O)c1nc(C(=O)O)c(C(=O)O)s1. The minimum Gasteiger partial charge on any atom is -0.477 e. The van der Waals surface area contributed by atoms with Crippen LogP contribution in [0, 0.1) is 0 Å². The Bertz CT molecular complexity index is 390. The van der Waals surface area contributed by atoms with Crippen LogP contribution >= 0.6 is 11.3 Å². The molecule has 14 heavy (non-hydrogen) atoms. The standard InChI is InChI=1S/C6H3NO6S/c8-4(9)1-2(5(10)11)14-3(7-1)6(12)13/h(H,8,9)(H,10,11)(H,12,13). The van der Waals surface area contributed by atoms with Crippen LogP contribution in [0.2, 0.25) is 0 Å². The van der Waals surface area contributed by atoms with Gasteiger partial charge in [0.15, 0.2) is 5.69 Å². The summed E-state index contributed by atoms with van der Waals surface area (Å²) in [7, 11) is 0. The third-order valence-electron chi connectivity index (χ3n) is 1.21. The highest BCUT2D eigenvalue weighted by Gasteiger charge is 2.24. The average Bonchev–Trinajstić information content (AvgIpc) is 2.47. The number of nitrogens with zero attached hydrogens (tertiary/aromatic N) is 1. The molecule has 3 N–H and O–H groups in total. The van der Waals surface area contributed by atoms with Crippen molar-refractivity contribution in [3.8, 4) is 0 Å². The molecule has 0 bridgehead atoms. The van der Waals surface area contributed by atoms with Gasteiger partial charge in [0.25, 0.3) is 0 Å². The number of hydrogen-bond acceptors (Lipinski definition) is 5. The number of rotatable bonds is 3. The Hall–Kier alpha value is -1.96. The lowest BCUT2D eigenvalue weighted by atomic mass is 10.4. The van der Waals surface area contributed by atoms with Gasteiger partial charge in [-0.2, -0.15) is 0 Å². The molecule has 0 saturated heterocycles. The van der Waals surface area contributed by atoms with E-state index in [4.69, 9.17) is 15.3 Å². The zero-order chi connectivity index (χ0) is 10.9. The molecule has 0 fully saturated rings. The first kappa shape index (κ1) is 10.1. The van der Waals surface area contributed by atoms with E-state index >= 15 is 0 Å². The smallest absolute Gasteiger partial charge is 0.365 e. The second-order valence-corrected chi connectivity index (χ2v) is 3.11. The quantitative estimate of drug-likeness (QED) is 0.661. The van der Waals surface area contributed by atoms with Crippen LogP contribution in [0.15, 0.2) is 0 Å². The summed E-state index contributed by atoms with van der Waals surface area (Å²) in [5, 5.41) is 24.9. The number of aromatic carboxylic acids is 3.